The molecule has 1 fully saturated rings. The zero-order valence-electron chi connectivity index (χ0n) is 21.7. The minimum Gasteiger partial charge on any atom is -0.393 e. The maximum absolute atomic E-state index is 13.3. The van der Waals surface area contributed by atoms with Gasteiger partial charge in [0.1, 0.15) is 5.82 Å². The number of hydrogen-bond donors (Lipinski definition) is 1. The molecule has 0 bridgehead atoms. The maximum Gasteiger partial charge on any atom is 0.183 e. The lowest BCUT2D eigenvalue weighted by molar-refractivity contribution is -0.179. The average Bonchev–Trinajstić information content (AvgIpc) is 3.39. The van der Waals surface area contributed by atoms with Crippen LogP contribution in [-0.4, -0.2) is 31.0 Å². The van der Waals surface area contributed by atoms with E-state index < -0.39 is 12.4 Å². The molecule has 1 aliphatic heterocycles. The van der Waals surface area contributed by atoms with E-state index in [-0.39, 0.29) is 18.0 Å². The van der Waals surface area contributed by atoms with Crippen molar-refractivity contribution < 1.29 is 23.7 Å². The number of aliphatic hydroxyl groups excluding tert-OH is 1. The van der Waals surface area contributed by atoms with E-state index in [2.05, 4.69) is 37.3 Å². The normalized spacial score (nSPS) is 20.4. The summed E-state index contributed by atoms with van der Waals surface area (Å²) in [6.45, 7) is 2.45. The molecule has 2 heterocycles. The lowest BCUT2D eigenvalue weighted by atomic mass is 9.93. The predicted octanol–water partition coefficient (Wildman–Crippen LogP) is 7.40. The van der Waals surface area contributed by atoms with Crippen LogP contribution in [0.4, 0.5) is 4.39 Å². The van der Waals surface area contributed by atoms with Crippen LogP contribution in [0.25, 0.3) is 10.4 Å². The highest BCUT2D eigenvalue weighted by molar-refractivity contribution is 7.15. The molecule has 198 valence electrons. The number of ether oxygens (including phenoxy) is 3. The molecule has 1 aliphatic rings. The number of halogens is 1. The third-order valence-corrected chi connectivity index (χ3v) is 8.13. The fraction of sp³-hybridized carbons (Fsp3) is 0.312. The van der Waals surface area contributed by atoms with Gasteiger partial charge in [-0.1, -0.05) is 60.7 Å². The third-order valence-electron chi connectivity index (χ3n) is 7.00. The molecule has 0 amide bonds. The van der Waals surface area contributed by atoms with Crippen LogP contribution >= 0.6 is 11.3 Å². The molecule has 0 radical (unpaired) electrons. The van der Waals surface area contributed by atoms with Crippen molar-refractivity contribution in [3.05, 3.63) is 118 Å². The Kier molecular flexibility index (Phi) is 8.67. The summed E-state index contributed by atoms with van der Waals surface area (Å²) >= 11 is 1.73. The molecule has 4 nitrogen and oxygen atoms in total. The molecule has 5 rings (SSSR count). The van der Waals surface area contributed by atoms with E-state index in [1.165, 1.54) is 28.1 Å². The summed E-state index contributed by atoms with van der Waals surface area (Å²) in [7, 11) is 1.63. The number of hydrogen-bond acceptors (Lipinski definition) is 5. The molecule has 6 heteroatoms. The molecule has 38 heavy (non-hydrogen) atoms. The van der Waals surface area contributed by atoms with Crippen LogP contribution in [-0.2, 0) is 20.6 Å². The van der Waals surface area contributed by atoms with Gasteiger partial charge in [0.15, 0.2) is 6.29 Å². The van der Waals surface area contributed by atoms with Gasteiger partial charge in [0, 0.05) is 41.7 Å². The Bertz CT molecular complexity index is 1320. The van der Waals surface area contributed by atoms with Crippen LogP contribution in [0.1, 0.15) is 52.4 Å². The summed E-state index contributed by atoms with van der Waals surface area (Å²) in [5.74, 6) is -0.225. The van der Waals surface area contributed by atoms with E-state index in [1.54, 1.807) is 18.4 Å². The minimum absolute atomic E-state index is 0.206. The monoisotopic (exact) mass is 532 g/mol. The second-order valence-electron chi connectivity index (χ2n) is 9.82. The summed E-state index contributed by atoms with van der Waals surface area (Å²) < 4.78 is 31.3. The fourth-order valence-corrected chi connectivity index (χ4v) is 5.97. The predicted molar refractivity (Wildman–Crippen MR) is 149 cm³/mol. The molecule has 0 spiro atoms. The minimum atomic E-state index is -0.478. The summed E-state index contributed by atoms with van der Waals surface area (Å²) in [6.07, 6.45) is 0.517. The van der Waals surface area contributed by atoms with E-state index in [9.17, 15) is 9.50 Å². The van der Waals surface area contributed by atoms with Gasteiger partial charge in [0.05, 0.1) is 24.9 Å². The molecule has 3 aromatic carbocycles. The smallest absolute Gasteiger partial charge is 0.183 e. The first-order valence-electron chi connectivity index (χ1n) is 13.0. The van der Waals surface area contributed by atoms with Crippen molar-refractivity contribution in [1.82, 2.24) is 0 Å². The number of methoxy groups -OCH3 is 1. The van der Waals surface area contributed by atoms with E-state index in [0.717, 1.165) is 28.0 Å². The lowest BCUT2D eigenvalue weighted by Crippen LogP contribution is -2.34. The standard InChI is InChI=1S/C32H33FO4S/c1-21-8-9-24(16-25(21)17-29-14-15-31(38-29)22-10-12-26(33)13-11-22)30-19-27(34)18-28(37-30)20-36-32(35-2)23-6-4-3-5-7-23/h3-16,27-28,30,32,34H,17-20H2,1-2H3. The first-order chi connectivity index (χ1) is 18.5. The van der Waals surface area contributed by atoms with Gasteiger partial charge >= 0.3 is 0 Å². The first-order valence-corrected chi connectivity index (χ1v) is 13.8. The second kappa shape index (κ2) is 12.3. The van der Waals surface area contributed by atoms with Crippen LogP contribution in [0.15, 0.2) is 84.9 Å². The van der Waals surface area contributed by atoms with Gasteiger partial charge in [-0.2, -0.15) is 0 Å². The molecule has 4 aromatic rings. The van der Waals surface area contributed by atoms with E-state index >= 15 is 0 Å². The van der Waals surface area contributed by atoms with Crippen molar-refractivity contribution in [3.63, 3.8) is 0 Å². The van der Waals surface area contributed by atoms with Crippen molar-refractivity contribution in [3.8, 4) is 10.4 Å². The Balaban J connectivity index is 1.26. The van der Waals surface area contributed by atoms with Crippen LogP contribution in [0, 0.1) is 12.7 Å². The van der Waals surface area contributed by atoms with E-state index in [4.69, 9.17) is 14.2 Å². The number of aryl methyl sites for hydroxylation is 1. The molecule has 0 saturated carbocycles. The van der Waals surface area contributed by atoms with Crippen LogP contribution < -0.4 is 0 Å². The maximum atomic E-state index is 13.3. The van der Waals surface area contributed by atoms with Crippen LogP contribution in [0.3, 0.4) is 0 Å². The fourth-order valence-electron chi connectivity index (χ4n) is 4.93. The molecule has 0 aliphatic carbocycles. The number of benzene rings is 3. The Labute approximate surface area is 227 Å². The van der Waals surface area contributed by atoms with Gasteiger partial charge < -0.3 is 19.3 Å². The summed E-state index contributed by atoms with van der Waals surface area (Å²) in [5, 5.41) is 10.6. The first kappa shape index (κ1) is 26.7. The second-order valence-corrected chi connectivity index (χ2v) is 11.0. The van der Waals surface area contributed by atoms with E-state index in [0.29, 0.717) is 19.4 Å². The van der Waals surface area contributed by atoms with Crippen molar-refractivity contribution in [1.29, 1.82) is 0 Å². The molecular formula is C32H33FO4S. The highest BCUT2D eigenvalue weighted by Gasteiger charge is 2.30. The van der Waals surface area contributed by atoms with Crippen molar-refractivity contribution in [2.45, 2.75) is 50.8 Å². The number of aliphatic hydroxyl groups is 1. The number of rotatable bonds is 9. The SMILES string of the molecule is COC(OCC1CC(O)CC(c2ccc(C)c(Cc3ccc(-c4ccc(F)cc4)s3)c2)O1)c1ccccc1. The van der Waals surface area contributed by atoms with Gasteiger partial charge in [-0.15, -0.1) is 11.3 Å². The Hall–Kier alpha value is -2.87. The van der Waals surface area contributed by atoms with Crippen LogP contribution in [0.2, 0.25) is 0 Å². The molecular weight excluding hydrogens is 499 g/mol. The summed E-state index contributed by atoms with van der Waals surface area (Å²) in [5.41, 5.74) is 5.48. The topological polar surface area (TPSA) is 47.9 Å². The van der Waals surface area contributed by atoms with Gasteiger partial charge in [-0.3, -0.25) is 0 Å². The Morgan fingerprint density at radius 3 is 2.55 bits per heavy atom. The zero-order valence-corrected chi connectivity index (χ0v) is 22.5. The van der Waals surface area contributed by atoms with Crippen molar-refractivity contribution in [2.24, 2.45) is 0 Å². The zero-order chi connectivity index (χ0) is 26.5. The molecule has 4 unspecified atom stereocenters. The summed E-state index contributed by atoms with van der Waals surface area (Å²) in [6, 6.07) is 27.1. The molecule has 1 N–H and O–H groups in total. The highest BCUT2D eigenvalue weighted by Crippen LogP contribution is 2.35. The number of thiophene rings is 1. The third kappa shape index (κ3) is 6.57. The quantitative estimate of drug-likeness (QED) is 0.228. The largest absolute Gasteiger partial charge is 0.393 e. The van der Waals surface area contributed by atoms with Crippen molar-refractivity contribution >= 4 is 11.3 Å². The Morgan fingerprint density at radius 2 is 1.79 bits per heavy atom. The average molecular weight is 533 g/mol. The molecule has 1 aromatic heterocycles. The van der Waals surface area contributed by atoms with E-state index in [1.807, 2.05) is 42.5 Å². The van der Waals surface area contributed by atoms with Gasteiger partial charge in [0.2, 0.25) is 0 Å². The molecule has 4 atom stereocenters. The summed E-state index contributed by atoms with van der Waals surface area (Å²) in [4.78, 5) is 2.37. The van der Waals surface area contributed by atoms with Gasteiger partial charge in [0.25, 0.3) is 0 Å². The van der Waals surface area contributed by atoms with Gasteiger partial charge in [-0.05, 0) is 53.4 Å². The van der Waals surface area contributed by atoms with Gasteiger partial charge in [-0.25, -0.2) is 4.39 Å². The van der Waals surface area contributed by atoms with Crippen molar-refractivity contribution in [2.75, 3.05) is 13.7 Å². The highest BCUT2D eigenvalue weighted by atomic mass is 32.1. The lowest BCUT2D eigenvalue weighted by Gasteiger charge is -2.34. The Morgan fingerprint density at radius 1 is 1.00 bits per heavy atom. The molecule has 1 saturated heterocycles. The van der Waals surface area contributed by atoms with Crippen LogP contribution in [0.5, 0.6) is 0 Å².